The van der Waals surface area contributed by atoms with Crippen molar-refractivity contribution in [3.63, 3.8) is 0 Å². The number of amides is 1. The molecule has 3 heterocycles. The Morgan fingerprint density at radius 2 is 1.55 bits per heavy atom. The van der Waals surface area contributed by atoms with E-state index in [4.69, 9.17) is 0 Å². The SMILES string of the molecule is O=C([CH]CCCCNS(=O)(=O)c1cccs1)N(Cc1cccs1)Cc1cccs1. The number of hydrogen-bond donors (Lipinski definition) is 1. The van der Waals surface area contributed by atoms with Crippen LogP contribution in [0.25, 0.3) is 0 Å². The van der Waals surface area contributed by atoms with Crippen LogP contribution in [0.4, 0.5) is 0 Å². The van der Waals surface area contributed by atoms with Crippen LogP contribution in [0.5, 0.6) is 0 Å². The fourth-order valence-corrected chi connectivity index (χ4v) is 6.26. The summed E-state index contributed by atoms with van der Waals surface area (Å²) in [7, 11) is -3.41. The molecule has 1 amide bonds. The van der Waals surface area contributed by atoms with Crippen LogP contribution in [0.3, 0.4) is 0 Å². The third-order valence-corrected chi connectivity index (χ3v) is 8.75. The number of carbonyl (C=O) groups is 1. The molecule has 0 fully saturated rings. The summed E-state index contributed by atoms with van der Waals surface area (Å²) in [5.41, 5.74) is 0. The van der Waals surface area contributed by atoms with E-state index >= 15 is 0 Å². The smallest absolute Gasteiger partial charge is 0.250 e. The molecule has 0 saturated carbocycles. The van der Waals surface area contributed by atoms with Crippen molar-refractivity contribution in [1.82, 2.24) is 9.62 Å². The van der Waals surface area contributed by atoms with E-state index in [0.717, 1.165) is 16.2 Å². The second-order valence-electron chi connectivity index (χ2n) is 6.38. The van der Waals surface area contributed by atoms with Crippen molar-refractivity contribution in [3.8, 4) is 0 Å². The average molecular weight is 468 g/mol. The van der Waals surface area contributed by atoms with Crippen LogP contribution < -0.4 is 4.72 Å². The molecule has 9 heteroatoms. The summed E-state index contributed by atoms with van der Waals surface area (Å²) >= 11 is 4.50. The predicted molar refractivity (Wildman–Crippen MR) is 121 cm³/mol. The van der Waals surface area contributed by atoms with E-state index in [1.165, 1.54) is 11.3 Å². The zero-order valence-corrected chi connectivity index (χ0v) is 19.1. The Kier molecular flexibility index (Phi) is 8.43. The van der Waals surface area contributed by atoms with Gasteiger partial charge in [0.1, 0.15) is 4.21 Å². The van der Waals surface area contributed by atoms with E-state index in [1.807, 2.05) is 39.9 Å². The van der Waals surface area contributed by atoms with Gasteiger partial charge >= 0.3 is 0 Å². The highest BCUT2D eigenvalue weighted by molar-refractivity contribution is 7.91. The highest BCUT2D eigenvalue weighted by atomic mass is 32.2. The van der Waals surface area contributed by atoms with Crippen LogP contribution in [0.2, 0.25) is 0 Å². The molecule has 0 aromatic carbocycles. The van der Waals surface area contributed by atoms with Gasteiger partial charge in [0.05, 0.1) is 13.1 Å². The van der Waals surface area contributed by atoms with Crippen molar-refractivity contribution in [3.05, 3.63) is 68.7 Å². The van der Waals surface area contributed by atoms with Gasteiger partial charge in [0.15, 0.2) is 0 Å². The minimum Gasteiger partial charge on any atom is -0.332 e. The van der Waals surface area contributed by atoms with Gasteiger partial charge in [-0.05, 0) is 47.2 Å². The van der Waals surface area contributed by atoms with Crippen molar-refractivity contribution in [1.29, 1.82) is 0 Å². The summed E-state index contributed by atoms with van der Waals surface area (Å²) in [4.78, 5) is 16.9. The van der Waals surface area contributed by atoms with Crippen molar-refractivity contribution in [2.75, 3.05) is 6.54 Å². The summed E-state index contributed by atoms with van der Waals surface area (Å²) in [6.45, 7) is 1.58. The van der Waals surface area contributed by atoms with Gasteiger partial charge in [0.25, 0.3) is 0 Å². The van der Waals surface area contributed by atoms with Gasteiger partial charge in [-0.1, -0.05) is 24.6 Å². The summed E-state index contributed by atoms with van der Waals surface area (Å²) in [5.74, 6) is 0.0194. The second kappa shape index (κ2) is 11.0. The van der Waals surface area contributed by atoms with Gasteiger partial charge in [-0.2, -0.15) is 0 Å². The summed E-state index contributed by atoms with van der Waals surface area (Å²) in [5, 5.41) is 5.78. The Hall–Kier alpha value is -1.52. The molecule has 0 atom stereocenters. The van der Waals surface area contributed by atoms with Crippen LogP contribution in [-0.2, 0) is 27.9 Å². The average Bonchev–Trinajstić information content (AvgIpc) is 3.47. The molecule has 0 saturated heterocycles. The molecule has 155 valence electrons. The number of nitrogens with one attached hydrogen (secondary N) is 1. The normalized spacial score (nSPS) is 11.6. The number of hydrogen-bond acceptors (Lipinski definition) is 6. The molecular formula is C20H23N2O3S4. The molecule has 0 aliphatic rings. The molecule has 1 N–H and O–H groups in total. The molecule has 3 aromatic rings. The number of nitrogens with zero attached hydrogens (tertiary/aromatic N) is 1. The highest BCUT2D eigenvalue weighted by Crippen LogP contribution is 2.19. The highest BCUT2D eigenvalue weighted by Gasteiger charge is 2.16. The Morgan fingerprint density at radius 3 is 2.10 bits per heavy atom. The quantitative estimate of drug-likeness (QED) is 0.391. The van der Waals surface area contributed by atoms with E-state index in [9.17, 15) is 13.2 Å². The topological polar surface area (TPSA) is 66.5 Å². The summed E-state index contributed by atoms with van der Waals surface area (Å²) < 4.78 is 27.1. The monoisotopic (exact) mass is 467 g/mol. The number of thiophene rings is 3. The maximum absolute atomic E-state index is 12.7. The number of rotatable bonds is 12. The van der Waals surface area contributed by atoms with E-state index in [-0.39, 0.29) is 5.91 Å². The fourth-order valence-electron chi connectivity index (χ4n) is 2.71. The van der Waals surface area contributed by atoms with Crippen LogP contribution in [0.1, 0.15) is 29.0 Å². The van der Waals surface area contributed by atoms with Gasteiger partial charge in [-0.3, -0.25) is 4.79 Å². The molecule has 29 heavy (non-hydrogen) atoms. The van der Waals surface area contributed by atoms with Crippen LogP contribution in [0.15, 0.2) is 56.7 Å². The molecule has 0 spiro atoms. The lowest BCUT2D eigenvalue weighted by Gasteiger charge is -2.21. The molecule has 3 aromatic heterocycles. The largest absolute Gasteiger partial charge is 0.332 e. The third-order valence-electron chi connectivity index (χ3n) is 4.17. The first-order chi connectivity index (χ1) is 14.0. The molecule has 0 bridgehead atoms. The number of sulfonamides is 1. The van der Waals surface area contributed by atoms with Gasteiger partial charge in [-0.25, -0.2) is 13.1 Å². The van der Waals surface area contributed by atoms with Crippen LogP contribution in [-0.4, -0.2) is 25.8 Å². The van der Waals surface area contributed by atoms with Crippen molar-refractivity contribution < 1.29 is 13.2 Å². The molecule has 5 nitrogen and oxygen atoms in total. The third kappa shape index (κ3) is 7.04. The lowest BCUT2D eigenvalue weighted by atomic mass is 10.1. The Balaban J connectivity index is 1.41. The first-order valence-electron chi connectivity index (χ1n) is 9.24. The lowest BCUT2D eigenvalue weighted by Crippen LogP contribution is -2.29. The number of carbonyl (C=O) groups excluding carboxylic acids is 1. The molecular weight excluding hydrogens is 444 g/mol. The van der Waals surface area contributed by atoms with Crippen LogP contribution in [0, 0.1) is 6.42 Å². The lowest BCUT2D eigenvalue weighted by molar-refractivity contribution is -0.128. The first kappa shape index (κ1) is 22.2. The van der Waals surface area contributed by atoms with E-state index in [1.54, 1.807) is 46.6 Å². The molecule has 3 rings (SSSR count). The van der Waals surface area contributed by atoms with Gasteiger partial charge in [0.2, 0.25) is 15.9 Å². The van der Waals surface area contributed by atoms with Crippen molar-refractivity contribution in [2.24, 2.45) is 0 Å². The second-order valence-corrected chi connectivity index (χ2v) is 11.4. The standard InChI is InChI=1S/C20H23N2O3S4/c23-19(9-2-1-3-11-21-29(24,25)20-10-6-14-28-20)22(15-17-7-4-12-26-17)16-18-8-5-13-27-18/h4-10,12-14,21H,1-3,11,15-16H2. The van der Waals surface area contributed by atoms with E-state index < -0.39 is 10.0 Å². The summed E-state index contributed by atoms with van der Waals surface area (Å²) in [6, 6.07) is 11.4. The summed E-state index contributed by atoms with van der Waals surface area (Å²) in [6.07, 6.45) is 3.79. The maximum Gasteiger partial charge on any atom is 0.250 e. The molecule has 0 unspecified atom stereocenters. The Bertz CT molecular complexity index is 913. The van der Waals surface area contributed by atoms with E-state index in [2.05, 4.69) is 4.72 Å². The molecule has 1 radical (unpaired) electrons. The fraction of sp³-hybridized carbons (Fsp3) is 0.300. The minimum absolute atomic E-state index is 0.0194. The van der Waals surface area contributed by atoms with Gasteiger partial charge in [-0.15, -0.1) is 34.0 Å². The predicted octanol–water partition coefficient (Wildman–Crippen LogP) is 4.75. The van der Waals surface area contributed by atoms with Crippen LogP contribution >= 0.6 is 34.0 Å². The van der Waals surface area contributed by atoms with Crippen molar-refractivity contribution in [2.45, 2.75) is 36.6 Å². The number of unbranched alkanes of at least 4 members (excludes halogenated alkanes) is 2. The first-order valence-corrected chi connectivity index (χ1v) is 13.4. The maximum atomic E-state index is 12.7. The van der Waals surface area contributed by atoms with E-state index in [0.29, 0.717) is 36.7 Å². The van der Waals surface area contributed by atoms with Gasteiger partial charge in [0, 0.05) is 22.7 Å². The molecule has 0 aliphatic heterocycles. The van der Waals surface area contributed by atoms with Crippen molar-refractivity contribution >= 4 is 49.9 Å². The zero-order chi connectivity index (χ0) is 20.5. The van der Waals surface area contributed by atoms with Gasteiger partial charge < -0.3 is 4.90 Å². The minimum atomic E-state index is -3.41. The Labute approximate surface area is 184 Å². The zero-order valence-electron chi connectivity index (χ0n) is 15.8. The Morgan fingerprint density at radius 1 is 0.931 bits per heavy atom. The molecule has 0 aliphatic carbocycles.